The molecule has 0 fully saturated rings. The molecule has 11 aromatic carbocycles. The molecular formula is C73H54BN5. The van der Waals surface area contributed by atoms with E-state index in [1.165, 1.54) is 33.1 Å². The highest BCUT2D eigenvalue weighted by molar-refractivity contribution is 7.00. The van der Waals surface area contributed by atoms with E-state index in [0.717, 1.165) is 84.2 Å². The minimum Gasteiger partial charge on any atom is -0.311 e. The Kier molecular flexibility index (Phi) is 11.8. The highest BCUT2D eigenvalue weighted by atomic mass is 15.2. The van der Waals surface area contributed by atoms with Crippen LogP contribution in [0, 0.1) is 0 Å². The fourth-order valence-corrected chi connectivity index (χ4v) is 11.8. The second-order valence-electron chi connectivity index (χ2n) is 21.5. The van der Waals surface area contributed by atoms with Crippen LogP contribution in [0.25, 0.3) is 78.7 Å². The second-order valence-corrected chi connectivity index (χ2v) is 21.5. The number of rotatable bonds is 9. The van der Waals surface area contributed by atoms with Crippen LogP contribution in [-0.4, -0.2) is 21.7 Å². The van der Waals surface area contributed by atoms with Gasteiger partial charge in [-0.2, -0.15) is 0 Å². The summed E-state index contributed by atoms with van der Waals surface area (Å²) in [4.78, 5) is 21.2. The lowest BCUT2D eigenvalue weighted by atomic mass is 9.33. The van der Waals surface area contributed by atoms with Gasteiger partial charge in [0, 0.05) is 44.9 Å². The molecule has 0 unspecified atom stereocenters. The topological polar surface area (TPSA) is 45.2 Å². The van der Waals surface area contributed by atoms with Crippen LogP contribution in [0.15, 0.2) is 273 Å². The van der Waals surface area contributed by atoms with Crippen LogP contribution in [0.4, 0.5) is 34.1 Å². The molecule has 14 rings (SSSR count). The van der Waals surface area contributed by atoms with E-state index in [9.17, 15) is 0 Å². The van der Waals surface area contributed by atoms with Gasteiger partial charge >= 0.3 is 0 Å². The molecule has 2 aliphatic rings. The van der Waals surface area contributed by atoms with Crippen LogP contribution in [0.2, 0.25) is 0 Å². The van der Waals surface area contributed by atoms with Crippen molar-refractivity contribution in [2.45, 2.75) is 26.2 Å². The SMILES string of the molecule is CC(C)(C)c1ccc2c(c1)N(c1ccc(-c3ccccc3)cc1-c1ccccc1)c1cccc3c1B2c1cccc(-c2nc(-c4ccccc4)nc(-c4ccccc4)n2)c1N3c1ccc(-c2ccccc2)cc1-c1ccccc1. The fourth-order valence-electron chi connectivity index (χ4n) is 11.8. The standard InChI is InChI=1S/C73H54BN5/c1-73(2,3)57-42-43-61-67(48-57)78(63-44-40-55(49-24-10-4-11-25-49)46-59(63)51-28-14-6-15-29-51)65-38-23-39-66-68(65)74(61)62-37-22-36-58(72-76-70(53-32-18-8-19-33-53)75-71(77-72)54-34-20-9-21-35-54)69(62)79(66)64-45-41-56(50-26-12-5-13-27-50)47-60(64)52-30-16-7-17-31-52/h4-48H,1-3H3. The largest absolute Gasteiger partial charge is 0.311 e. The number of aromatic nitrogens is 3. The number of para-hydroxylation sites is 1. The zero-order chi connectivity index (χ0) is 53.0. The quantitative estimate of drug-likeness (QED) is 0.135. The number of hydrogen-bond donors (Lipinski definition) is 0. The van der Waals surface area contributed by atoms with E-state index >= 15 is 0 Å². The van der Waals surface area contributed by atoms with Gasteiger partial charge < -0.3 is 9.80 Å². The summed E-state index contributed by atoms with van der Waals surface area (Å²) in [6.07, 6.45) is 0. The van der Waals surface area contributed by atoms with E-state index in [4.69, 9.17) is 15.0 Å². The first kappa shape index (κ1) is 47.5. The minimum absolute atomic E-state index is 0.123. The molecule has 2 aliphatic heterocycles. The maximum Gasteiger partial charge on any atom is 0.252 e. The molecule has 6 heteroatoms. The van der Waals surface area contributed by atoms with E-state index in [-0.39, 0.29) is 12.1 Å². The Hall–Kier alpha value is -9.91. The normalized spacial score (nSPS) is 12.4. The Labute approximate surface area is 463 Å². The molecule has 0 radical (unpaired) electrons. The summed E-state index contributed by atoms with van der Waals surface area (Å²) in [5.41, 5.74) is 23.3. The molecule has 0 spiro atoms. The van der Waals surface area contributed by atoms with Gasteiger partial charge in [0.15, 0.2) is 17.5 Å². The average Bonchev–Trinajstić information content (AvgIpc) is 3.64. The first-order valence-corrected chi connectivity index (χ1v) is 27.2. The summed E-state index contributed by atoms with van der Waals surface area (Å²) in [6, 6.07) is 98.6. The number of fused-ring (bicyclic) bond motifs is 4. The van der Waals surface area contributed by atoms with Gasteiger partial charge in [-0.15, -0.1) is 0 Å². The lowest BCUT2D eigenvalue weighted by Crippen LogP contribution is -2.61. The van der Waals surface area contributed by atoms with Crippen LogP contribution >= 0.6 is 0 Å². The summed E-state index contributed by atoms with van der Waals surface area (Å²) < 4.78 is 0. The predicted octanol–water partition coefficient (Wildman–Crippen LogP) is 16.9. The molecule has 0 aliphatic carbocycles. The smallest absolute Gasteiger partial charge is 0.252 e. The van der Waals surface area contributed by atoms with Gasteiger partial charge in [0.1, 0.15) is 0 Å². The third-order valence-corrected chi connectivity index (χ3v) is 15.7. The Morgan fingerprint density at radius 3 is 1.22 bits per heavy atom. The predicted molar refractivity (Wildman–Crippen MR) is 331 cm³/mol. The highest BCUT2D eigenvalue weighted by Crippen LogP contribution is 2.51. The van der Waals surface area contributed by atoms with Crippen molar-refractivity contribution in [3.05, 3.63) is 279 Å². The maximum absolute atomic E-state index is 5.45. The summed E-state index contributed by atoms with van der Waals surface area (Å²) in [7, 11) is 0. The molecule has 3 heterocycles. The average molecular weight is 1010 g/mol. The second kappa shape index (κ2) is 19.6. The lowest BCUT2D eigenvalue weighted by molar-refractivity contribution is 0.590. The van der Waals surface area contributed by atoms with Gasteiger partial charge in [-0.05, 0) is 109 Å². The van der Waals surface area contributed by atoms with E-state index in [1.807, 2.05) is 36.4 Å². The van der Waals surface area contributed by atoms with E-state index in [2.05, 4.69) is 267 Å². The van der Waals surface area contributed by atoms with Crippen molar-refractivity contribution in [1.82, 2.24) is 15.0 Å². The first-order valence-electron chi connectivity index (χ1n) is 27.2. The summed E-state index contributed by atoms with van der Waals surface area (Å²) in [6.45, 7) is 6.77. The monoisotopic (exact) mass is 1010 g/mol. The molecule has 374 valence electrons. The number of anilines is 6. The van der Waals surface area contributed by atoms with Crippen LogP contribution in [0.1, 0.15) is 26.3 Å². The van der Waals surface area contributed by atoms with E-state index in [1.54, 1.807) is 0 Å². The first-order chi connectivity index (χ1) is 38.8. The molecule has 1 aromatic heterocycles. The number of nitrogens with zero attached hydrogens (tertiary/aromatic N) is 5. The Morgan fingerprint density at radius 2 is 0.722 bits per heavy atom. The Morgan fingerprint density at radius 1 is 0.291 bits per heavy atom. The van der Waals surface area contributed by atoms with Gasteiger partial charge in [0.25, 0.3) is 6.71 Å². The summed E-state index contributed by atoms with van der Waals surface area (Å²) >= 11 is 0. The molecule has 79 heavy (non-hydrogen) atoms. The van der Waals surface area contributed by atoms with Gasteiger partial charge in [-0.1, -0.05) is 245 Å². The van der Waals surface area contributed by atoms with Gasteiger partial charge in [-0.25, -0.2) is 15.0 Å². The van der Waals surface area contributed by atoms with Crippen molar-refractivity contribution >= 4 is 57.2 Å². The molecule has 0 bridgehead atoms. The van der Waals surface area contributed by atoms with Crippen molar-refractivity contribution in [1.29, 1.82) is 0 Å². The molecular weight excluding hydrogens is 958 g/mol. The van der Waals surface area contributed by atoms with Crippen molar-refractivity contribution in [3.8, 4) is 78.7 Å². The highest BCUT2D eigenvalue weighted by Gasteiger charge is 2.45. The van der Waals surface area contributed by atoms with Crippen molar-refractivity contribution in [3.63, 3.8) is 0 Å². The van der Waals surface area contributed by atoms with Crippen LogP contribution in [0.5, 0.6) is 0 Å². The molecule has 0 atom stereocenters. The summed E-state index contributed by atoms with van der Waals surface area (Å²) in [5, 5.41) is 0. The molecule has 0 N–H and O–H groups in total. The zero-order valence-electron chi connectivity index (χ0n) is 44.3. The molecule has 0 saturated carbocycles. The van der Waals surface area contributed by atoms with Crippen LogP contribution in [-0.2, 0) is 5.41 Å². The third-order valence-electron chi connectivity index (χ3n) is 15.7. The third kappa shape index (κ3) is 8.50. The van der Waals surface area contributed by atoms with Gasteiger partial charge in [0.2, 0.25) is 0 Å². The van der Waals surface area contributed by atoms with Crippen molar-refractivity contribution < 1.29 is 0 Å². The molecule has 0 saturated heterocycles. The Balaban J connectivity index is 1.09. The minimum atomic E-state index is -0.172. The van der Waals surface area contributed by atoms with E-state index in [0.29, 0.717) is 17.5 Å². The molecule has 12 aromatic rings. The molecule has 0 amide bonds. The van der Waals surface area contributed by atoms with Gasteiger partial charge in [-0.3, -0.25) is 0 Å². The number of benzene rings is 11. The lowest BCUT2D eigenvalue weighted by Gasteiger charge is -2.45. The van der Waals surface area contributed by atoms with Crippen molar-refractivity contribution in [2.75, 3.05) is 9.80 Å². The van der Waals surface area contributed by atoms with Crippen LogP contribution in [0.3, 0.4) is 0 Å². The maximum atomic E-state index is 5.45. The Bertz CT molecular complexity index is 4160. The van der Waals surface area contributed by atoms with Crippen molar-refractivity contribution in [2.24, 2.45) is 0 Å². The fraction of sp³-hybridized carbons (Fsp3) is 0.0548. The van der Waals surface area contributed by atoms with Gasteiger partial charge in [0.05, 0.1) is 17.1 Å². The molecule has 5 nitrogen and oxygen atoms in total. The summed E-state index contributed by atoms with van der Waals surface area (Å²) in [5.74, 6) is 1.83. The number of hydrogen-bond acceptors (Lipinski definition) is 5. The zero-order valence-corrected chi connectivity index (χ0v) is 44.3. The van der Waals surface area contributed by atoms with Crippen LogP contribution < -0.4 is 26.2 Å². The van der Waals surface area contributed by atoms with E-state index < -0.39 is 0 Å².